The number of rotatable bonds is 49. The van der Waals surface area contributed by atoms with Gasteiger partial charge >= 0.3 is 13.8 Å². The van der Waals surface area contributed by atoms with Gasteiger partial charge in [0.25, 0.3) is 0 Å². The molecule has 0 aromatic rings. The molecule has 0 aromatic heterocycles. The molecule has 0 rings (SSSR count). The van der Waals surface area contributed by atoms with Crippen LogP contribution in [0.2, 0.25) is 0 Å². The number of phosphoric acid groups is 1. The third-order valence-electron chi connectivity index (χ3n) is 11.1. The summed E-state index contributed by atoms with van der Waals surface area (Å²) in [5, 5.41) is 0. The molecule has 0 aromatic carbocycles. The van der Waals surface area contributed by atoms with Crippen molar-refractivity contribution in [1.29, 1.82) is 0 Å². The Labute approximate surface area is 366 Å². The van der Waals surface area contributed by atoms with E-state index in [1.165, 1.54) is 193 Å². The Morgan fingerprint density at radius 2 is 0.898 bits per heavy atom. The second-order valence-corrected chi connectivity index (χ2v) is 18.5. The quantitative estimate of drug-likeness (QED) is 0.0269. The maximum absolute atomic E-state index is 12.6. The van der Waals surface area contributed by atoms with Crippen LogP contribution in [0.3, 0.4) is 0 Å². The van der Waals surface area contributed by atoms with Gasteiger partial charge in [-0.05, 0) is 44.9 Å². The van der Waals surface area contributed by atoms with Crippen LogP contribution >= 0.6 is 7.82 Å². The van der Waals surface area contributed by atoms with Gasteiger partial charge < -0.3 is 20.1 Å². The molecule has 0 radical (unpaired) electrons. The van der Waals surface area contributed by atoms with E-state index in [-0.39, 0.29) is 32.3 Å². The summed E-state index contributed by atoms with van der Waals surface area (Å²) in [6.07, 6.45) is 54.9. The van der Waals surface area contributed by atoms with Gasteiger partial charge in [-0.3, -0.25) is 13.8 Å². The lowest BCUT2D eigenvalue weighted by molar-refractivity contribution is -0.154. The van der Waals surface area contributed by atoms with E-state index in [1.807, 2.05) is 0 Å². The predicted octanol–water partition coefficient (Wildman–Crippen LogP) is 15.6. The van der Waals surface area contributed by atoms with E-state index in [0.717, 1.165) is 38.5 Å². The third kappa shape index (κ3) is 47.9. The van der Waals surface area contributed by atoms with Gasteiger partial charge in [-0.2, -0.15) is 0 Å². The lowest BCUT2D eigenvalue weighted by Gasteiger charge is -2.20. The number of esters is 1. The van der Waals surface area contributed by atoms with Gasteiger partial charge in [0, 0.05) is 19.6 Å². The van der Waals surface area contributed by atoms with Gasteiger partial charge in [0.05, 0.1) is 19.8 Å². The molecule has 0 fully saturated rings. The number of unbranched alkanes of at least 4 members (excludes halogenated alkanes) is 32. The van der Waals surface area contributed by atoms with Crippen molar-refractivity contribution >= 4 is 13.8 Å². The standard InChI is InChI=1S/C50H98NO7P/c1-3-5-7-9-11-13-15-17-19-21-23-25-27-29-31-33-35-37-39-41-43-50(52)58-49(48-57-59(53,54)56-46-44-51)47-55-45-42-40-38-36-34-32-30-28-26-24-22-20-18-16-14-12-10-8-6-4-2/h12,14,18,20,49H,3-11,13,15-17,19,21-48,51H2,1-2H3,(H,53,54)/b14-12-,20-18-. The molecule has 59 heavy (non-hydrogen) atoms. The molecular formula is C50H98NO7P. The number of allylic oxidation sites excluding steroid dienone is 4. The van der Waals surface area contributed by atoms with Crippen molar-refractivity contribution in [3.8, 4) is 0 Å². The molecule has 8 nitrogen and oxygen atoms in total. The van der Waals surface area contributed by atoms with Crippen molar-refractivity contribution in [3.63, 3.8) is 0 Å². The summed E-state index contributed by atoms with van der Waals surface area (Å²) in [6, 6.07) is 0. The fourth-order valence-electron chi connectivity index (χ4n) is 7.38. The number of hydrogen-bond acceptors (Lipinski definition) is 7. The summed E-state index contributed by atoms with van der Waals surface area (Å²) in [4.78, 5) is 22.6. The Hall–Kier alpha value is -1.02. The Morgan fingerprint density at radius 1 is 0.508 bits per heavy atom. The Kier molecular flexibility index (Phi) is 47.2. The smallest absolute Gasteiger partial charge is 0.457 e. The Bertz CT molecular complexity index is 962. The van der Waals surface area contributed by atoms with E-state index in [9.17, 15) is 14.3 Å². The highest BCUT2D eigenvalue weighted by Gasteiger charge is 2.25. The lowest BCUT2D eigenvalue weighted by atomic mass is 10.0. The van der Waals surface area contributed by atoms with Crippen molar-refractivity contribution in [2.24, 2.45) is 5.73 Å². The number of carbonyl (C=O) groups excluding carboxylic acids is 1. The summed E-state index contributed by atoms with van der Waals surface area (Å²) >= 11 is 0. The average Bonchev–Trinajstić information content (AvgIpc) is 3.23. The molecular weight excluding hydrogens is 758 g/mol. The molecule has 2 unspecified atom stereocenters. The fraction of sp³-hybridized carbons (Fsp3) is 0.900. The first-order chi connectivity index (χ1) is 28.9. The number of nitrogens with two attached hydrogens (primary N) is 1. The first kappa shape index (κ1) is 58.0. The van der Waals surface area contributed by atoms with Crippen molar-refractivity contribution in [1.82, 2.24) is 0 Å². The van der Waals surface area contributed by atoms with Gasteiger partial charge in [0.15, 0.2) is 0 Å². The number of hydrogen-bond donors (Lipinski definition) is 2. The molecule has 0 spiro atoms. The molecule has 0 saturated carbocycles. The van der Waals surface area contributed by atoms with Crippen LogP contribution in [-0.2, 0) is 27.9 Å². The van der Waals surface area contributed by atoms with Crippen molar-refractivity contribution in [2.45, 2.75) is 258 Å². The summed E-state index contributed by atoms with van der Waals surface area (Å²) in [5.74, 6) is -0.325. The average molecular weight is 856 g/mol. The molecule has 350 valence electrons. The molecule has 0 bridgehead atoms. The van der Waals surface area contributed by atoms with Crippen LogP contribution in [0.5, 0.6) is 0 Å². The maximum Gasteiger partial charge on any atom is 0.472 e. The highest BCUT2D eigenvalue weighted by Crippen LogP contribution is 2.43. The summed E-state index contributed by atoms with van der Waals surface area (Å²) in [7, 11) is -4.28. The third-order valence-corrected chi connectivity index (χ3v) is 12.1. The molecule has 0 aliphatic carbocycles. The first-order valence-corrected chi connectivity index (χ1v) is 26.8. The van der Waals surface area contributed by atoms with E-state index >= 15 is 0 Å². The largest absolute Gasteiger partial charge is 0.472 e. The van der Waals surface area contributed by atoms with Crippen LogP contribution in [0.25, 0.3) is 0 Å². The SMILES string of the molecule is CCCCC/C=C\C/C=C\CCCCCCCCCCCCOCC(COP(=O)(O)OCCN)OC(=O)CCCCCCCCCCCCCCCCCCCCCC. The lowest BCUT2D eigenvalue weighted by Crippen LogP contribution is -2.28. The topological polar surface area (TPSA) is 117 Å². The van der Waals surface area contributed by atoms with Crippen LogP contribution in [0, 0.1) is 0 Å². The minimum absolute atomic E-state index is 0.0935. The molecule has 0 aliphatic rings. The van der Waals surface area contributed by atoms with E-state index < -0.39 is 13.9 Å². The normalized spacial score (nSPS) is 13.5. The van der Waals surface area contributed by atoms with Crippen molar-refractivity contribution in [2.75, 3.05) is 33.0 Å². The van der Waals surface area contributed by atoms with Crippen LogP contribution < -0.4 is 5.73 Å². The zero-order chi connectivity index (χ0) is 43.0. The van der Waals surface area contributed by atoms with Crippen LogP contribution in [0.1, 0.15) is 251 Å². The van der Waals surface area contributed by atoms with Gasteiger partial charge in [-0.1, -0.05) is 224 Å². The maximum atomic E-state index is 12.6. The summed E-state index contributed by atoms with van der Waals surface area (Å²) in [5.41, 5.74) is 5.39. The van der Waals surface area contributed by atoms with Crippen LogP contribution in [0.15, 0.2) is 24.3 Å². The van der Waals surface area contributed by atoms with E-state index in [1.54, 1.807) is 0 Å². The van der Waals surface area contributed by atoms with Crippen molar-refractivity contribution in [3.05, 3.63) is 24.3 Å². The highest BCUT2D eigenvalue weighted by molar-refractivity contribution is 7.47. The fourth-order valence-corrected chi connectivity index (χ4v) is 8.15. The summed E-state index contributed by atoms with van der Waals surface area (Å²) < 4.78 is 33.6. The highest BCUT2D eigenvalue weighted by atomic mass is 31.2. The monoisotopic (exact) mass is 856 g/mol. The molecule has 0 heterocycles. The van der Waals surface area contributed by atoms with Crippen LogP contribution in [0.4, 0.5) is 0 Å². The predicted molar refractivity (Wildman–Crippen MR) is 252 cm³/mol. The number of carbonyl (C=O) groups is 1. The molecule has 0 aliphatic heterocycles. The van der Waals surface area contributed by atoms with Crippen molar-refractivity contribution < 1.29 is 32.8 Å². The molecule has 0 saturated heterocycles. The first-order valence-electron chi connectivity index (χ1n) is 25.3. The van der Waals surface area contributed by atoms with E-state index in [0.29, 0.717) is 13.0 Å². The van der Waals surface area contributed by atoms with E-state index in [2.05, 4.69) is 38.2 Å². The number of phosphoric ester groups is 1. The minimum atomic E-state index is -4.28. The van der Waals surface area contributed by atoms with Gasteiger partial charge in [0.2, 0.25) is 0 Å². The molecule has 9 heteroatoms. The Balaban J connectivity index is 3.92. The van der Waals surface area contributed by atoms with Gasteiger partial charge in [-0.15, -0.1) is 0 Å². The Morgan fingerprint density at radius 3 is 1.36 bits per heavy atom. The molecule has 3 N–H and O–H groups in total. The summed E-state index contributed by atoms with van der Waals surface area (Å²) in [6.45, 7) is 4.95. The number of ether oxygens (including phenoxy) is 2. The molecule has 0 amide bonds. The zero-order valence-electron chi connectivity index (χ0n) is 39.0. The molecule has 2 atom stereocenters. The second kappa shape index (κ2) is 48.0. The second-order valence-electron chi connectivity index (χ2n) is 17.0. The van der Waals surface area contributed by atoms with Crippen LogP contribution in [-0.4, -0.2) is 49.9 Å². The van der Waals surface area contributed by atoms with E-state index in [4.69, 9.17) is 24.3 Å². The minimum Gasteiger partial charge on any atom is -0.457 e. The van der Waals surface area contributed by atoms with Gasteiger partial charge in [-0.25, -0.2) is 4.57 Å². The zero-order valence-corrected chi connectivity index (χ0v) is 39.9. The van der Waals surface area contributed by atoms with Gasteiger partial charge in [0.1, 0.15) is 6.10 Å².